The van der Waals surface area contributed by atoms with Crippen molar-refractivity contribution in [3.8, 4) is 0 Å². The zero-order chi connectivity index (χ0) is 15.7. The van der Waals surface area contributed by atoms with Crippen LogP contribution in [-0.4, -0.2) is 50.1 Å². The van der Waals surface area contributed by atoms with Gasteiger partial charge in [-0.1, -0.05) is 18.5 Å². The number of carbonyl (C=O) groups excluding carboxylic acids is 1. The van der Waals surface area contributed by atoms with Gasteiger partial charge in [0.1, 0.15) is 9.34 Å². The molecule has 1 saturated heterocycles. The number of hydrogen-bond acceptors (Lipinski definition) is 5. The summed E-state index contributed by atoms with van der Waals surface area (Å²) in [5.74, 6) is -0.195. The third-order valence-corrected chi connectivity index (χ3v) is 5.79. The molecule has 6 nitrogen and oxygen atoms in total. The average Bonchev–Trinajstić information content (AvgIpc) is 2.83. The molecule has 1 aliphatic heterocycles. The Hall–Kier alpha value is -0.700. The van der Waals surface area contributed by atoms with Gasteiger partial charge in [-0.2, -0.15) is 0 Å². The summed E-state index contributed by atoms with van der Waals surface area (Å²) >= 11 is 7.41. The molecule has 2 heterocycles. The van der Waals surface area contributed by atoms with Crippen LogP contribution in [-0.2, 0) is 20.2 Å². The van der Waals surface area contributed by atoms with Gasteiger partial charge in [-0.25, -0.2) is 18.1 Å². The van der Waals surface area contributed by atoms with Gasteiger partial charge in [-0.05, 0) is 12.8 Å². The van der Waals surface area contributed by atoms with Gasteiger partial charge in [0.25, 0.3) is 0 Å². The number of nitrogens with zero attached hydrogens (tertiary/aromatic N) is 2. The quantitative estimate of drug-likeness (QED) is 0.884. The van der Waals surface area contributed by atoms with Gasteiger partial charge < -0.3 is 4.90 Å². The largest absolute Gasteiger partial charge is 0.341 e. The summed E-state index contributed by atoms with van der Waals surface area (Å²) in [7, 11) is -3.34. The second-order valence-electron chi connectivity index (χ2n) is 5.50. The zero-order valence-corrected chi connectivity index (χ0v) is 14.3. The minimum Gasteiger partial charge on any atom is -0.341 e. The zero-order valence-electron chi connectivity index (χ0n) is 11.9. The van der Waals surface area contributed by atoms with Crippen molar-refractivity contribution >= 4 is 38.9 Å². The Labute approximate surface area is 133 Å². The molecule has 1 aromatic rings. The molecule has 0 atom stereocenters. The Morgan fingerprint density at radius 3 is 2.62 bits per heavy atom. The standard InChI is InChI=1S/C12H18ClN3O3S2/c1-12(11-14-7-9(13)20-11)3-5-16(6-4-12)10(17)8-15-21(2,18)19/h7,15H,3-6,8H2,1-2H3. The fourth-order valence-electron chi connectivity index (χ4n) is 2.30. The van der Waals surface area contributed by atoms with Gasteiger partial charge in [0.15, 0.2) is 0 Å². The normalized spacial score (nSPS) is 18.7. The van der Waals surface area contributed by atoms with Crippen LogP contribution in [0.25, 0.3) is 0 Å². The predicted octanol–water partition coefficient (Wildman–Crippen LogP) is 1.23. The van der Waals surface area contributed by atoms with Crippen LogP contribution in [0.4, 0.5) is 0 Å². The maximum Gasteiger partial charge on any atom is 0.237 e. The van der Waals surface area contributed by atoms with Crippen molar-refractivity contribution in [3.05, 3.63) is 15.5 Å². The van der Waals surface area contributed by atoms with Gasteiger partial charge >= 0.3 is 0 Å². The van der Waals surface area contributed by atoms with E-state index < -0.39 is 10.0 Å². The maximum atomic E-state index is 12.0. The number of amides is 1. The molecule has 0 radical (unpaired) electrons. The monoisotopic (exact) mass is 351 g/mol. The van der Waals surface area contributed by atoms with E-state index in [4.69, 9.17) is 11.6 Å². The minimum atomic E-state index is -3.34. The fourth-order valence-corrected chi connectivity index (χ4v) is 3.80. The first kappa shape index (κ1) is 16.7. The number of piperidine rings is 1. The summed E-state index contributed by atoms with van der Waals surface area (Å²) in [5.41, 5.74) is -0.0706. The summed E-state index contributed by atoms with van der Waals surface area (Å²) in [6.45, 7) is 3.13. The lowest BCUT2D eigenvalue weighted by Crippen LogP contribution is -2.47. The van der Waals surface area contributed by atoms with E-state index in [0.717, 1.165) is 24.1 Å². The topological polar surface area (TPSA) is 79.4 Å². The first-order chi connectivity index (χ1) is 9.70. The van der Waals surface area contributed by atoms with Gasteiger partial charge in [0.2, 0.25) is 15.9 Å². The lowest BCUT2D eigenvalue weighted by atomic mass is 9.81. The highest BCUT2D eigenvalue weighted by Gasteiger charge is 2.35. The van der Waals surface area contributed by atoms with E-state index in [9.17, 15) is 13.2 Å². The molecule has 1 aliphatic rings. The molecule has 1 N–H and O–H groups in total. The highest BCUT2D eigenvalue weighted by atomic mass is 35.5. The summed E-state index contributed by atoms with van der Waals surface area (Å²) < 4.78 is 24.9. The van der Waals surface area contributed by atoms with Gasteiger partial charge in [0.05, 0.1) is 19.0 Å². The molecule has 0 aromatic carbocycles. The van der Waals surface area contributed by atoms with Crippen LogP contribution in [0.3, 0.4) is 0 Å². The van der Waals surface area contributed by atoms with E-state index in [2.05, 4.69) is 16.6 Å². The third-order valence-electron chi connectivity index (χ3n) is 3.70. The van der Waals surface area contributed by atoms with E-state index in [1.54, 1.807) is 11.1 Å². The van der Waals surface area contributed by atoms with Gasteiger partial charge in [0, 0.05) is 18.5 Å². The Morgan fingerprint density at radius 2 is 2.14 bits per heavy atom. The number of thiazole rings is 1. The van der Waals surface area contributed by atoms with Crippen LogP contribution >= 0.6 is 22.9 Å². The number of aromatic nitrogens is 1. The molecule has 1 amide bonds. The van der Waals surface area contributed by atoms with Crippen LogP contribution in [0, 0.1) is 0 Å². The molecule has 2 rings (SSSR count). The van der Waals surface area contributed by atoms with E-state index in [1.165, 1.54) is 11.3 Å². The summed E-state index contributed by atoms with van der Waals surface area (Å²) in [4.78, 5) is 18.0. The summed E-state index contributed by atoms with van der Waals surface area (Å²) in [6.07, 6.45) is 4.28. The summed E-state index contributed by atoms with van der Waals surface area (Å²) in [5, 5.41) is 0.994. The highest BCUT2D eigenvalue weighted by molar-refractivity contribution is 7.88. The fraction of sp³-hybridized carbons (Fsp3) is 0.667. The van der Waals surface area contributed by atoms with Crippen molar-refractivity contribution in [2.24, 2.45) is 0 Å². The smallest absolute Gasteiger partial charge is 0.237 e. The Morgan fingerprint density at radius 1 is 1.52 bits per heavy atom. The van der Waals surface area contributed by atoms with Crippen molar-refractivity contribution in [2.75, 3.05) is 25.9 Å². The molecule has 118 valence electrons. The van der Waals surface area contributed by atoms with Gasteiger partial charge in [-0.15, -0.1) is 11.3 Å². The van der Waals surface area contributed by atoms with Crippen molar-refractivity contribution in [3.63, 3.8) is 0 Å². The third kappa shape index (κ3) is 4.38. The predicted molar refractivity (Wildman–Crippen MR) is 83.1 cm³/mol. The SMILES string of the molecule is CC1(c2ncc(Cl)s2)CCN(C(=O)CNS(C)(=O)=O)CC1. The van der Waals surface area contributed by atoms with Crippen molar-refractivity contribution < 1.29 is 13.2 Å². The summed E-state index contributed by atoms with van der Waals surface area (Å²) in [6, 6.07) is 0. The Kier molecular flexibility index (Phi) is 4.92. The number of carbonyl (C=O) groups is 1. The first-order valence-corrected chi connectivity index (χ1v) is 9.62. The molecular weight excluding hydrogens is 334 g/mol. The van der Waals surface area contributed by atoms with Gasteiger partial charge in [-0.3, -0.25) is 4.79 Å². The molecule has 0 bridgehead atoms. The molecule has 9 heteroatoms. The molecule has 0 aliphatic carbocycles. The van der Waals surface area contributed by atoms with E-state index in [0.29, 0.717) is 17.4 Å². The first-order valence-electron chi connectivity index (χ1n) is 6.54. The average molecular weight is 352 g/mol. The van der Waals surface area contributed by atoms with Crippen molar-refractivity contribution in [2.45, 2.75) is 25.2 Å². The lowest BCUT2D eigenvalue weighted by molar-refractivity contribution is -0.131. The van der Waals surface area contributed by atoms with Crippen LogP contribution in [0.1, 0.15) is 24.8 Å². The van der Waals surface area contributed by atoms with Crippen LogP contribution in [0.5, 0.6) is 0 Å². The number of hydrogen-bond donors (Lipinski definition) is 1. The minimum absolute atomic E-state index is 0.0706. The lowest BCUT2D eigenvalue weighted by Gasteiger charge is -2.38. The number of rotatable bonds is 4. The molecule has 0 unspecified atom stereocenters. The number of halogens is 1. The molecule has 1 aromatic heterocycles. The second-order valence-corrected chi connectivity index (χ2v) is 9.00. The highest BCUT2D eigenvalue weighted by Crippen LogP contribution is 2.38. The van der Waals surface area contributed by atoms with Crippen molar-refractivity contribution in [1.82, 2.24) is 14.6 Å². The van der Waals surface area contributed by atoms with E-state index in [1.807, 2.05) is 0 Å². The molecule has 0 spiro atoms. The van der Waals surface area contributed by atoms with Crippen LogP contribution in [0.2, 0.25) is 4.34 Å². The van der Waals surface area contributed by atoms with Crippen LogP contribution < -0.4 is 4.72 Å². The molecular formula is C12H18ClN3O3S2. The van der Waals surface area contributed by atoms with Crippen molar-refractivity contribution in [1.29, 1.82) is 0 Å². The molecule has 1 fully saturated rings. The van der Waals surface area contributed by atoms with E-state index >= 15 is 0 Å². The number of likely N-dealkylation sites (tertiary alicyclic amines) is 1. The Bertz CT molecular complexity index is 621. The maximum absolute atomic E-state index is 12.0. The Balaban J connectivity index is 1.92. The number of sulfonamides is 1. The van der Waals surface area contributed by atoms with Crippen LogP contribution in [0.15, 0.2) is 6.20 Å². The van der Waals surface area contributed by atoms with E-state index in [-0.39, 0.29) is 17.9 Å². The molecule has 0 saturated carbocycles. The number of nitrogens with one attached hydrogen (secondary N) is 1. The second kappa shape index (κ2) is 6.20. The molecule has 21 heavy (non-hydrogen) atoms.